The standard InChI is InChI=1S/C32H40Cl2FN3O7/c1-31(2,3)45-29(41)18-38-17-27(44-26-10-7-20(33)14-25(26)38)30(42)37-32(11-4-6-21(39)16-32)12-5-13-36-28(40)19-43-22-8-9-23(34)24(35)15-22/h7-10,14-15,21,27,39H,4-6,11-13,16-19H2,1-3H3,(H,36,40)(H,37,42)/t21-,27-,32?/m1/s1. The van der Waals surface area contributed by atoms with E-state index in [4.69, 9.17) is 37.4 Å². The minimum atomic E-state index is -0.938. The molecule has 45 heavy (non-hydrogen) atoms. The SMILES string of the molecule is CC(C)(C)OC(=O)CN1C[C@H](C(=O)NC2(CCCNC(=O)COc3ccc(Cl)c(F)c3)CCC[C@@H](O)C2)Oc2ccc(Cl)cc21. The van der Waals surface area contributed by atoms with Crippen LogP contribution < -0.4 is 25.0 Å². The topological polar surface area (TPSA) is 126 Å². The van der Waals surface area contributed by atoms with Crippen molar-refractivity contribution in [1.82, 2.24) is 10.6 Å². The van der Waals surface area contributed by atoms with Crippen LogP contribution >= 0.6 is 23.2 Å². The van der Waals surface area contributed by atoms with E-state index >= 15 is 0 Å². The molecule has 0 saturated heterocycles. The van der Waals surface area contributed by atoms with Crippen LogP contribution in [0.15, 0.2) is 36.4 Å². The number of rotatable bonds is 11. The van der Waals surface area contributed by atoms with Crippen LogP contribution in [0.1, 0.15) is 59.3 Å². The van der Waals surface area contributed by atoms with Gasteiger partial charge >= 0.3 is 5.97 Å². The summed E-state index contributed by atoms with van der Waals surface area (Å²) in [7, 11) is 0. The van der Waals surface area contributed by atoms with Gasteiger partial charge < -0.3 is 34.9 Å². The summed E-state index contributed by atoms with van der Waals surface area (Å²) >= 11 is 11.9. The lowest BCUT2D eigenvalue weighted by atomic mass is 9.77. The highest BCUT2D eigenvalue weighted by Crippen LogP contribution is 2.37. The summed E-state index contributed by atoms with van der Waals surface area (Å²) in [5.74, 6) is -1.24. The first kappa shape index (κ1) is 34.6. The van der Waals surface area contributed by atoms with Crippen molar-refractivity contribution in [1.29, 1.82) is 0 Å². The van der Waals surface area contributed by atoms with E-state index in [0.717, 1.165) is 12.5 Å². The fourth-order valence-corrected chi connectivity index (χ4v) is 5.92. The number of hydrogen-bond acceptors (Lipinski definition) is 8. The van der Waals surface area contributed by atoms with Gasteiger partial charge in [-0.15, -0.1) is 0 Å². The number of aliphatic hydroxyl groups is 1. The van der Waals surface area contributed by atoms with Gasteiger partial charge in [0.25, 0.3) is 11.8 Å². The second-order valence-corrected chi connectivity index (χ2v) is 13.4. The van der Waals surface area contributed by atoms with Gasteiger partial charge in [0.2, 0.25) is 0 Å². The molecule has 1 aliphatic heterocycles. The number of carbonyl (C=O) groups is 3. The van der Waals surface area contributed by atoms with Gasteiger partial charge in [-0.1, -0.05) is 23.2 Å². The zero-order chi connectivity index (χ0) is 32.8. The molecule has 3 N–H and O–H groups in total. The van der Waals surface area contributed by atoms with Crippen LogP contribution in [-0.4, -0.2) is 72.5 Å². The van der Waals surface area contributed by atoms with Crippen LogP contribution in [0.4, 0.5) is 10.1 Å². The Bertz CT molecular complexity index is 1390. The maximum atomic E-state index is 13.7. The Labute approximate surface area is 272 Å². The quantitative estimate of drug-likeness (QED) is 0.230. The molecule has 0 aromatic heterocycles. The van der Waals surface area contributed by atoms with E-state index in [1.54, 1.807) is 43.9 Å². The molecule has 10 nitrogen and oxygen atoms in total. The van der Waals surface area contributed by atoms with Crippen LogP contribution in [0, 0.1) is 5.82 Å². The first-order valence-electron chi connectivity index (χ1n) is 15.0. The molecule has 1 fully saturated rings. The number of ether oxygens (including phenoxy) is 3. The number of amides is 2. The Morgan fingerprint density at radius 3 is 2.67 bits per heavy atom. The predicted octanol–water partition coefficient (Wildman–Crippen LogP) is 4.81. The van der Waals surface area contributed by atoms with Crippen molar-refractivity contribution >= 4 is 46.7 Å². The second kappa shape index (κ2) is 14.9. The number of nitrogens with one attached hydrogen (secondary N) is 2. The molecule has 0 spiro atoms. The van der Waals surface area contributed by atoms with E-state index < -0.39 is 35.1 Å². The van der Waals surface area contributed by atoms with Crippen LogP contribution in [0.3, 0.4) is 0 Å². The molecule has 1 aliphatic carbocycles. The van der Waals surface area contributed by atoms with Gasteiger partial charge in [0, 0.05) is 23.2 Å². The molecule has 4 rings (SSSR count). The molecule has 0 bridgehead atoms. The molecule has 1 heterocycles. The maximum Gasteiger partial charge on any atom is 0.326 e. The first-order valence-corrected chi connectivity index (χ1v) is 15.8. The lowest BCUT2D eigenvalue weighted by molar-refractivity contribution is -0.153. The molecule has 246 valence electrons. The van der Waals surface area contributed by atoms with Gasteiger partial charge in [-0.05, 0) is 89.6 Å². The smallest absolute Gasteiger partial charge is 0.326 e. The number of carbonyl (C=O) groups excluding carboxylic acids is 3. The number of aliphatic hydroxyl groups excluding tert-OH is 1. The molecular weight excluding hydrogens is 628 g/mol. The first-order chi connectivity index (χ1) is 21.2. The third-order valence-electron chi connectivity index (χ3n) is 7.57. The van der Waals surface area contributed by atoms with Crippen LogP contribution in [0.5, 0.6) is 11.5 Å². The summed E-state index contributed by atoms with van der Waals surface area (Å²) < 4.78 is 30.5. The number of hydrogen-bond donors (Lipinski definition) is 3. The Morgan fingerprint density at radius 2 is 1.96 bits per heavy atom. The average Bonchev–Trinajstić information content (AvgIpc) is 2.95. The van der Waals surface area contributed by atoms with Gasteiger partial charge in [0.1, 0.15) is 29.5 Å². The van der Waals surface area contributed by atoms with Gasteiger partial charge in [-0.3, -0.25) is 14.4 Å². The molecule has 1 saturated carbocycles. The van der Waals surface area contributed by atoms with E-state index in [1.807, 2.05) is 0 Å². The maximum absolute atomic E-state index is 13.7. The van der Waals surface area contributed by atoms with Crippen LogP contribution in [-0.2, 0) is 19.1 Å². The van der Waals surface area contributed by atoms with E-state index in [9.17, 15) is 23.9 Å². The van der Waals surface area contributed by atoms with Crippen molar-refractivity contribution in [2.45, 2.75) is 82.6 Å². The monoisotopic (exact) mass is 667 g/mol. The predicted molar refractivity (Wildman–Crippen MR) is 168 cm³/mol. The molecule has 2 amide bonds. The summed E-state index contributed by atoms with van der Waals surface area (Å²) in [6.45, 7) is 5.35. The molecule has 2 aliphatic rings. The number of halogens is 3. The highest BCUT2D eigenvalue weighted by molar-refractivity contribution is 6.31. The number of anilines is 1. The molecule has 13 heteroatoms. The van der Waals surface area contributed by atoms with E-state index in [2.05, 4.69) is 10.6 Å². The van der Waals surface area contributed by atoms with Crippen molar-refractivity contribution in [3.05, 3.63) is 52.3 Å². The number of fused-ring (bicyclic) bond motifs is 1. The Balaban J connectivity index is 1.36. The number of benzene rings is 2. The zero-order valence-electron chi connectivity index (χ0n) is 25.7. The fourth-order valence-electron chi connectivity index (χ4n) is 5.64. The van der Waals surface area contributed by atoms with Crippen molar-refractivity contribution in [3.63, 3.8) is 0 Å². The van der Waals surface area contributed by atoms with Gasteiger partial charge in [-0.2, -0.15) is 0 Å². The highest BCUT2D eigenvalue weighted by atomic mass is 35.5. The Hall–Kier alpha value is -3.28. The van der Waals surface area contributed by atoms with Crippen molar-refractivity contribution in [2.75, 3.05) is 31.1 Å². The van der Waals surface area contributed by atoms with Gasteiger partial charge in [-0.25, -0.2) is 4.39 Å². The lowest BCUT2D eigenvalue weighted by Crippen LogP contribution is -2.58. The number of esters is 1. The molecule has 2 aromatic carbocycles. The zero-order valence-corrected chi connectivity index (χ0v) is 27.2. The summed E-state index contributed by atoms with van der Waals surface area (Å²) in [6.07, 6.45) is 1.86. The van der Waals surface area contributed by atoms with Crippen molar-refractivity contribution < 1.29 is 38.1 Å². The van der Waals surface area contributed by atoms with Gasteiger partial charge in [0.15, 0.2) is 12.7 Å². The average molecular weight is 669 g/mol. The van der Waals surface area contributed by atoms with E-state index in [1.165, 1.54) is 12.1 Å². The highest BCUT2D eigenvalue weighted by Gasteiger charge is 2.40. The minimum Gasteiger partial charge on any atom is -0.484 e. The van der Waals surface area contributed by atoms with Gasteiger partial charge in [0.05, 0.1) is 23.4 Å². The molecule has 1 unspecified atom stereocenters. The summed E-state index contributed by atoms with van der Waals surface area (Å²) in [5, 5.41) is 16.9. The van der Waals surface area contributed by atoms with Crippen molar-refractivity contribution in [2.24, 2.45) is 0 Å². The summed E-state index contributed by atoms with van der Waals surface area (Å²) in [5.41, 5.74) is -0.800. The largest absolute Gasteiger partial charge is 0.484 e. The lowest BCUT2D eigenvalue weighted by Gasteiger charge is -2.42. The van der Waals surface area contributed by atoms with Crippen LogP contribution in [0.25, 0.3) is 0 Å². The molecule has 0 radical (unpaired) electrons. The number of nitrogens with zero attached hydrogens (tertiary/aromatic N) is 1. The molecule has 3 atom stereocenters. The summed E-state index contributed by atoms with van der Waals surface area (Å²) in [4.78, 5) is 40.5. The molecule has 2 aromatic rings. The fraction of sp³-hybridized carbons (Fsp3) is 0.531. The second-order valence-electron chi connectivity index (χ2n) is 12.5. The minimum absolute atomic E-state index is 0.0384. The van der Waals surface area contributed by atoms with E-state index in [-0.39, 0.29) is 42.3 Å². The van der Waals surface area contributed by atoms with Crippen molar-refractivity contribution in [3.8, 4) is 11.5 Å². The third-order valence-corrected chi connectivity index (χ3v) is 8.11. The normalized spacial score (nSPS) is 21.3. The van der Waals surface area contributed by atoms with Crippen LogP contribution in [0.2, 0.25) is 10.0 Å². The summed E-state index contributed by atoms with van der Waals surface area (Å²) in [6, 6.07) is 8.92. The Morgan fingerprint density at radius 1 is 1.18 bits per heavy atom. The van der Waals surface area contributed by atoms with E-state index in [0.29, 0.717) is 55.1 Å². The molecular formula is C32H40Cl2FN3O7. The Kier molecular flexibility index (Phi) is 11.4. The third kappa shape index (κ3) is 10.1.